The molecular weight excluding hydrogens is 284 g/mol. The largest absolute Gasteiger partial charge is 0.436 e. The van der Waals surface area contributed by atoms with Crippen LogP contribution in [0.25, 0.3) is 0 Å². The molecule has 2 rings (SSSR count). The van der Waals surface area contributed by atoms with Crippen LogP contribution in [0.5, 0.6) is 0 Å². The molecule has 0 aliphatic heterocycles. The maximum atomic E-state index is 11.4. The molecule has 22 heavy (non-hydrogen) atoms. The average Bonchev–Trinajstić information content (AvgIpc) is 3.35. The van der Waals surface area contributed by atoms with Gasteiger partial charge in [-0.3, -0.25) is 4.79 Å². The van der Waals surface area contributed by atoms with E-state index in [9.17, 15) is 4.79 Å². The molecule has 0 amide bonds. The lowest BCUT2D eigenvalue weighted by Crippen LogP contribution is -2.21. The topological polar surface area (TPSA) is 54.0 Å². The van der Waals surface area contributed by atoms with E-state index in [1.54, 1.807) is 6.92 Å². The minimum Gasteiger partial charge on any atom is -0.436 e. The van der Waals surface area contributed by atoms with E-state index in [-0.39, 0.29) is 11.9 Å². The van der Waals surface area contributed by atoms with Gasteiger partial charge in [-0.1, -0.05) is 30.3 Å². The van der Waals surface area contributed by atoms with Gasteiger partial charge in [0.15, 0.2) is 6.29 Å². The van der Waals surface area contributed by atoms with Crippen LogP contribution in [0, 0.1) is 5.92 Å². The Labute approximate surface area is 131 Å². The van der Waals surface area contributed by atoms with Gasteiger partial charge in [0.1, 0.15) is 0 Å². The molecule has 1 fully saturated rings. The molecule has 0 bridgehead atoms. The Morgan fingerprint density at radius 2 is 1.77 bits per heavy atom. The maximum Gasteiger partial charge on any atom is 0.311 e. The van der Waals surface area contributed by atoms with Crippen LogP contribution in [0.1, 0.15) is 25.3 Å². The molecule has 5 heteroatoms. The molecule has 0 radical (unpaired) electrons. The van der Waals surface area contributed by atoms with Crippen LogP contribution in [-0.2, 0) is 30.3 Å². The third-order valence-corrected chi connectivity index (χ3v) is 3.26. The van der Waals surface area contributed by atoms with Crippen molar-refractivity contribution in [2.24, 2.45) is 5.92 Å². The Morgan fingerprint density at radius 1 is 1.09 bits per heavy atom. The molecule has 1 atom stereocenters. The third-order valence-electron chi connectivity index (χ3n) is 3.26. The second kappa shape index (κ2) is 9.56. The van der Waals surface area contributed by atoms with Crippen molar-refractivity contribution >= 4 is 5.97 Å². The molecule has 1 aliphatic rings. The molecule has 0 N–H and O–H groups in total. The van der Waals surface area contributed by atoms with Crippen molar-refractivity contribution in [1.82, 2.24) is 0 Å². The normalized spacial score (nSPS) is 15.5. The lowest BCUT2D eigenvalue weighted by molar-refractivity contribution is -0.178. The van der Waals surface area contributed by atoms with Gasteiger partial charge in [-0.05, 0) is 25.3 Å². The summed E-state index contributed by atoms with van der Waals surface area (Å²) in [5, 5.41) is 0. The van der Waals surface area contributed by atoms with Gasteiger partial charge in [-0.25, -0.2) is 0 Å². The highest BCUT2D eigenvalue weighted by molar-refractivity contribution is 5.74. The van der Waals surface area contributed by atoms with E-state index >= 15 is 0 Å². The second-order valence-electron chi connectivity index (χ2n) is 5.30. The predicted octanol–water partition coefficient (Wildman–Crippen LogP) is 2.54. The Balaban J connectivity index is 1.38. The van der Waals surface area contributed by atoms with Gasteiger partial charge in [0.2, 0.25) is 0 Å². The van der Waals surface area contributed by atoms with E-state index in [4.69, 9.17) is 18.9 Å². The summed E-state index contributed by atoms with van der Waals surface area (Å²) in [6, 6.07) is 10.0. The van der Waals surface area contributed by atoms with Crippen LogP contribution < -0.4 is 0 Å². The molecule has 1 aromatic carbocycles. The molecule has 0 saturated heterocycles. The molecule has 0 heterocycles. The summed E-state index contributed by atoms with van der Waals surface area (Å²) in [7, 11) is 0. The Bertz CT molecular complexity index is 430. The van der Waals surface area contributed by atoms with Gasteiger partial charge in [0, 0.05) is 0 Å². The quantitative estimate of drug-likeness (QED) is 0.357. The Morgan fingerprint density at radius 3 is 2.50 bits per heavy atom. The van der Waals surface area contributed by atoms with Crippen LogP contribution in [-0.4, -0.2) is 38.7 Å². The van der Waals surface area contributed by atoms with Gasteiger partial charge >= 0.3 is 5.97 Å². The van der Waals surface area contributed by atoms with E-state index in [1.165, 1.54) is 0 Å². The Kier molecular flexibility index (Phi) is 7.36. The van der Waals surface area contributed by atoms with Crippen LogP contribution in [0.15, 0.2) is 30.3 Å². The number of ether oxygens (including phenoxy) is 4. The first kappa shape index (κ1) is 16.9. The van der Waals surface area contributed by atoms with Gasteiger partial charge < -0.3 is 18.9 Å². The second-order valence-corrected chi connectivity index (χ2v) is 5.30. The van der Waals surface area contributed by atoms with Crippen molar-refractivity contribution < 1.29 is 23.7 Å². The fourth-order valence-corrected chi connectivity index (χ4v) is 1.87. The number of rotatable bonds is 11. The van der Waals surface area contributed by atoms with Crippen molar-refractivity contribution in [3.63, 3.8) is 0 Å². The molecule has 1 saturated carbocycles. The average molecular weight is 308 g/mol. The zero-order valence-electron chi connectivity index (χ0n) is 13.0. The smallest absolute Gasteiger partial charge is 0.311 e. The standard InChI is InChI=1S/C17H24O5/c1-14(22-17(18)16-7-8-16)21-12-11-19-9-10-20-13-15-5-3-2-4-6-15/h2-6,14,16H,7-13H2,1H3. The number of benzene rings is 1. The highest BCUT2D eigenvalue weighted by atomic mass is 16.7. The summed E-state index contributed by atoms with van der Waals surface area (Å²) >= 11 is 0. The fourth-order valence-electron chi connectivity index (χ4n) is 1.87. The lowest BCUT2D eigenvalue weighted by atomic mass is 10.2. The van der Waals surface area contributed by atoms with Crippen LogP contribution in [0.4, 0.5) is 0 Å². The van der Waals surface area contributed by atoms with Crippen LogP contribution >= 0.6 is 0 Å². The van der Waals surface area contributed by atoms with E-state index in [0.717, 1.165) is 18.4 Å². The molecule has 5 nitrogen and oxygen atoms in total. The first-order valence-electron chi connectivity index (χ1n) is 7.77. The van der Waals surface area contributed by atoms with Gasteiger partial charge in [-0.15, -0.1) is 0 Å². The minimum absolute atomic E-state index is 0.101. The van der Waals surface area contributed by atoms with Crippen molar-refractivity contribution in [2.75, 3.05) is 26.4 Å². The van der Waals surface area contributed by atoms with Gasteiger partial charge in [-0.2, -0.15) is 0 Å². The zero-order chi connectivity index (χ0) is 15.6. The van der Waals surface area contributed by atoms with E-state index in [1.807, 2.05) is 30.3 Å². The fraction of sp³-hybridized carbons (Fsp3) is 0.588. The first-order valence-corrected chi connectivity index (χ1v) is 7.77. The SMILES string of the molecule is CC(OCCOCCOCc1ccccc1)OC(=O)C1CC1. The van der Waals surface area contributed by atoms with Gasteiger partial charge in [0.05, 0.1) is 39.0 Å². The Hall–Kier alpha value is -1.43. The molecule has 1 aromatic rings. The summed E-state index contributed by atoms with van der Waals surface area (Å²) in [5.74, 6) is -0.0493. The highest BCUT2D eigenvalue weighted by Crippen LogP contribution is 2.30. The summed E-state index contributed by atoms with van der Waals surface area (Å²) in [6.07, 6.45) is 1.38. The first-order chi connectivity index (χ1) is 10.8. The monoisotopic (exact) mass is 308 g/mol. The summed E-state index contributed by atoms with van der Waals surface area (Å²) in [6.45, 7) is 4.24. The predicted molar refractivity (Wildman–Crippen MR) is 81.1 cm³/mol. The molecule has 0 spiro atoms. The summed E-state index contributed by atoms with van der Waals surface area (Å²) in [4.78, 5) is 11.4. The molecular formula is C17H24O5. The molecule has 122 valence electrons. The lowest BCUT2D eigenvalue weighted by Gasteiger charge is -2.14. The minimum atomic E-state index is -0.508. The number of hydrogen-bond donors (Lipinski definition) is 0. The molecule has 1 aliphatic carbocycles. The van der Waals surface area contributed by atoms with Crippen molar-refractivity contribution in [3.05, 3.63) is 35.9 Å². The molecule has 0 aromatic heterocycles. The number of esters is 1. The van der Waals surface area contributed by atoms with Gasteiger partial charge in [0.25, 0.3) is 0 Å². The van der Waals surface area contributed by atoms with Crippen molar-refractivity contribution in [1.29, 1.82) is 0 Å². The number of carbonyl (C=O) groups excluding carboxylic acids is 1. The summed E-state index contributed by atoms with van der Waals surface area (Å²) in [5.41, 5.74) is 1.15. The highest BCUT2D eigenvalue weighted by Gasteiger charge is 2.32. The number of hydrogen-bond acceptors (Lipinski definition) is 5. The van der Waals surface area contributed by atoms with E-state index in [2.05, 4.69) is 0 Å². The maximum absolute atomic E-state index is 11.4. The van der Waals surface area contributed by atoms with E-state index < -0.39 is 6.29 Å². The zero-order valence-corrected chi connectivity index (χ0v) is 13.0. The van der Waals surface area contributed by atoms with Crippen molar-refractivity contribution in [2.45, 2.75) is 32.7 Å². The summed E-state index contributed by atoms with van der Waals surface area (Å²) < 4.78 is 21.4. The van der Waals surface area contributed by atoms with Crippen LogP contribution in [0.2, 0.25) is 0 Å². The van der Waals surface area contributed by atoms with E-state index in [0.29, 0.717) is 33.0 Å². The van der Waals surface area contributed by atoms with Crippen molar-refractivity contribution in [3.8, 4) is 0 Å². The molecule has 1 unspecified atom stereocenters. The third kappa shape index (κ3) is 7.02. The number of carbonyl (C=O) groups is 1. The van der Waals surface area contributed by atoms with Crippen LogP contribution in [0.3, 0.4) is 0 Å².